The van der Waals surface area contributed by atoms with Crippen molar-refractivity contribution in [3.8, 4) is 0 Å². The molecule has 9 nitrogen and oxygen atoms in total. The fourth-order valence-electron chi connectivity index (χ4n) is 1.46. The normalized spacial score (nSPS) is 10.9. The summed E-state index contributed by atoms with van der Waals surface area (Å²) in [6.45, 7) is 6.70. The Bertz CT molecular complexity index is 416. The first kappa shape index (κ1) is 23.0. The molecule has 0 atom stereocenters. The Balaban J connectivity index is 0. The van der Waals surface area contributed by atoms with Crippen molar-refractivity contribution >= 4 is 17.9 Å². The van der Waals surface area contributed by atoms with Crippen LogP contribution in [0, 0.1) is 0 Å². The van der Waals surface area contributed by atoms with Gasteiger partial charge in [0.15, 0.2) is 5.60 Å². The summed E-state index contributed by atoms with van der Waals surface area (Å²) in [6, 6.07) is 0. The third-order valence-electron chi connectivity index (χ3n) is 2.63. The lowest BCUT2D eigenvalue weighted by Gasteiger charge is -2.21. The van der Waals surface area contributed by atoms with Crippen LogP contribution in [-0.2, 0) is 14.4 Å². The van der Waals surface area contributed by atoms with Crippen molar-refractivity contribution in [3.05, 3.63) is 25.3 Å². The molecular formula is C14H22O9. The predicted molar refractivity (Wildman–Crippen MR) is 78.8 cm³/mol. The van der Waals surface area contributed by atoms with Crippen LogP contribution < -0.4 is 0 Å². The van der Waals surface area contributed by atoms with E-state index >= 15 is 0 Å². The van der Waals surface area contributed by atoms with Gasteiger partial charge in [-0.1, -0.05) is 12.2 Å². The third-order valence-corrected chi connectivity index (χ3v) is 2.63. The maximum Gasteiger partial charge on any atom is 0.336 e. The minimum Gasteiger partial charge on any atom is -0.481 e. The molecule has 0 fully saturated rings. The number of aliphatic carboxylic acids is 3. The Morgan fingerprint density at radius 2 is 1.22 bits per heavy atom. The zero-order chi connectivity index (χ0) is 18.7. The van der Waals surface area contributed by atoms with E-state index in [-0.39, 0.29) is 6.61 Å². The van der Waals surface area contributed by atoms with Crippen molar-refractivity contribution in [1.82, 2.24) is 0 Å². The van der Waals surface area contributed by atoms with Crippen molar-refractivity contribution in [2.45, 2.75) is 36.9 Å². The van der Waals surface area contributed by atoms with Crippen molar-refractivity contribution in [1.29, 1.82) is 0 Å². The molecule has 0 aliphatic carbocycles. The lowest BCUT2D eigenvalue weighted by molar-refractivity contribution is -0.170. The zero-order valence-corrected chi connectivity index (χ0v) is 12.5. The van der Waals surface area contributed by atoms with Gasteiger partial charge in [0.2, 0.25) is 0 Å². The van der Waals surface area contributed by atoms with E-state index in [9.17, 15) is 19.5 Å². The van der Waals surface area contributed by atoms with Gasteiger partial charge in [0, 0.05) is 0 Å². The second-order valence-electron chi connectivity index (χ2n) is 4.85. The summed E-state index contributed by atoms with van der Waals surface area (Å²) in [5.74, 6) is -5.02. The highest BCUT2D eigenvalue weighted by Gasteiger charge is 2.40. The maximum atomic E-state index is 10.3. The molecule has 0 aromatic carbocycles. The minimum atomic E-state index is -2.74. The van der Waals surface area contributed by atoms with Gasteiger partial charge in [-0.2, -0.15) is 0 Å². The molecule has 23 heavy (non-hydrogen) atoms. The molecule has 0 rings (SSSR count). The Kier molecular flexibility index (Phi) is 10.5. The van der Waals surface area contributed by atoms with Crippen LogP contribution in [0.4, 0.5) is 0 Å². The standard InChI is InChI=1S/C8H14O2.C6H8O7/c1-3-5-8(10,7-9)6-4-2;7-3(8)1-6(13,5(11)12)2-4(9)10/h3-4,9-10H,1-2,5-7H2;13H,1-2H2,(H,7,8)(H,9,10)(H,11,12). The molecule has 6 N–H and O–H groups in total. The van der Waals surface area contributed by atoms with Gasteiger partial charge in [-0.3, -0.25) is 9.59 Å². The number of hydrogen-bond acceptors (Lipinski definition) is 6. The van der Waals surface area contributed by atoms with E-state index in [0.29, 0.717) is 12.8 Å². The second-order valence-corrected chi connectivity index (χ2v) is 4.85. The Hall–Kier alpha value is -2.23. The monoisotopic (exact) mass is 334 g/mol. The van der Waals surface area contributed by atoms with E-state index in [4.69, 9.17) is 25.5 Å². The van der Waals surface area contributed by atoms with Crippen LogP contribution in [0.5, 0.6) is 0 Å². The number of rotatable bonds is 10. The first-order valence-electron chi connectivity index (χ1n) is 6.40. The summed E-state index contributed by atoms with van der Waals surface area (Å²) in [5, 5.41) is 51.9. The maximum absolute atomic E-state index is 10.3. The fourth-order valence-corrected chi connectivity index (χ4v) is 1.46. The van der Waals surface area contributed by atoms with E-state index in [2.05, 4.69) is 13.2 Å². The number of aliphatic hydroxyl groups is 3. The second kappa shape index (κ2) is 10.5. The first-order chi connectivity index (χ1) is 10.5. The molecule has 0 bridgehead atoms. The lowest BCUT2D eigenvalue weighted by Crippen LogP contribution is -2.42. The van der Waals surface area contributed by atoms with E-state index < -0.39 is 42.0 Å². The molecule has 0 aliphatic heterocycles. The van der Waals surface area contributed by atoms with Crippen LogP contribution in [0.25, 0.3) is 0 Å². The summed E-state index contributed by atoms with van der Waals surface area (Å²) in [5.41, 5.74) is -3.78. The van der Waals surface area contributed by atoms with Crippen molar-refractivity contribution in [3.63, 3.8) is 0 Å². The molecule has 0 aliphatic rings. The largest absolute Gasteiger partial charge is 0.481 e. The van der Waals surface area contributed by atoms with Crippen LogP contribution in [0.2, 0.25) is 0 Å². The van der Waals surface area contributed by atoms with Crippen LogP contribution in [0.1, 0.15) is 25.7 Å². The number of hydrogen-bond donors (Lipinski definition) is 6. The Labute approximate surface area is 132 Å². The molecule has 0 radical (unpaired) electrons. The highest BCUT2D eigenvalue weighted by Crippen LogP contribution is 2.16. The summed E-state index contributed by atoms with van der Waals surface area (Å²) in [6.07, 6.45) is 1.67. The number of carboxylic acids is 3. The average Bonchev–Trinajstić information content (AvgIpc) is 2.38. The predicted octanol–water partition coefficient (Wildman–Crippen LogP) is -0.387. The van der Waals surface area contributed by atoms with Gasteiger partial charge >= 0.3 is 17.9 Å². The molecule has 132 valence electrons. The van der Waals surface area contributed by atoms with Gasteiger partial charge in [-0.15, -0.1) is 13.2 Å². The molecule has 0 aromatic rings. The van der Waals surface area contributed by atoms with Gasteiger partial charge in [-0.25, -0.2) is 4.79 Å². The highest BCUT2D eigenvalue weighted by molar-refractivity contribution is 5.88. The summed E-state index contributed by atoms with van der Waals surface area (Å²) in [4.78, 5) is 30.5. The van der Waals surface area contributed by atoms with Crippen molar-refractivity contribution in [2.75, 3.05) is 6.61 Å². The molecule has 9 heteroatoms. The van der Waals surface area contributed by atoms with Crippen LogP contribution >= 0.6 is 0 Å². The van der Waals surface area contributed by atoms with E-state index in [1.807, 2.05) is 0 Å². The zero-order valence-electron chi connectivity index (χ0n) is 12.5. The average molecular weight is 334 g/mol. The van der Waals surface area contributed by atoms with E-state index in [1.165, 1.54) is 0 Å². The van der Waals surface area contributed by atoms with Gasteiger partial charge in [0.05, 0.1) is 25.0 Å². The first-order valence-corrected chi connectivity index (χ1v) is 6.40. The summed E-state index contributed by atoms with van der Waals surface area (Å²) in [7, 11) is 0. The van der Waals surface area contributed by atoms with Gasteiger partial charge in [0.1, 0.15) is 0 Å². The molecule has 0 amide bonds. The lowest BCUT2D eigenvalue weighted by atomic mass is 9.96. The molecule has 0 saturated carbocycles. The minimum absolute atomic E-state index is 0.245. The van der Waals surface area contributed by atoms with Gasteiger partial charge < -0.3 is 30.6 Å². The quantitative estimate of drug-likeness (QED) is 0.291. The molecule has 0 spiro atoms. The number of aliphatic hydroxyl groups excluding tert-OH is 1. The summed E-state index contributed by atoms with van der Waals surface area (Å²) < 4.78 is 0. The molecule has 0 heterocycles. The molecule has 0 saturated heterocycles. The van der Waals surface area contributed by atoms with E-state index in [0.717, 1.165) is 0 Å². The molecule has 0 unspecified atom stereocenters. The fraction of sp³-hybridized carbons (Fsp3) is 0.500. The topological polar surface area (TPSA) is 173 Å². The molecule has 0 aromatic heterocycles. The van der Waals surface area contributed by atoms with Crippen molar-refractivity contribution in [2.24, 2.45) is 0 Å². The summed E-state index contributed by atoms with van der Waals surface area (Å²) >= 11 is 0. The van der Waals surface area contributed by atoms with E-state index in [1.54, 1.807) is 12.2 Å². The van der Waals surface area contributed by atoms with Crippen molar-refractivity contribution < 1.29 is 45.0 Å². The SMILES string of the molecule is C=CCC(O)(CO)CC=C.O=C(O)CC(O)(CC(=O)O)C(=O)O. The van der Waals surface area contributed by atoms with Crippen LogP contribution in [0.3, 0.4) is 0 Å². The highest BCUT2D eigenvalue weighted by atomic mass is 16.4. The number of carboxylic acid groups (broad SMARTS) is 3. The molecular weight excluding hydrogens is 312 g/mol. The third kappa shape index (κ3) is 10.2. The van der Waals surface area contributed by atoms with Crippen LogP contribution in [-0.4, -0.2) is 66.4 Å². The Morgan fingerprint density at radius 1 is 0.870 bits per heavy atom. The van der Waals surface area contributed by atoms with Gasteiger partial charge in [0.25, 0.3) is 0 Å². The number of carbonyl (C=O) groups is 3. The smallest absolute Gasteiger partial charge is 0.336 e. The Morgan fingerprint density at radius 3 is 1.39 bits per heavy atom. The van der Waals surface area contributed by atoms with Crippen LogP contribution in [0.15, 0.2) is 25.3 Å². The van der Waals surface area contributed by atoms with Gasteiger partial charge in [-0.05, 0) is 12.8 Å².